The van der Waals surface area contributed by atoms with E-state index in [0.717, 1.165) is 41.5 Å². The Hall–Kier alpha value is -4.11. The molecule has 2 aromatic carbocycles. The number of anilines is 1. The topological polar surface area (TPSA) is 53.4 Å². The fourth-order valence-electron chi connectivity index (χ4n) is 4.96. The third-order valence-electron chi connectivity index (χ3n) is 7.10. The summed E-state index contributed by atoms with van der Waals surface area (Å²) in [5.41, 5.74) is 7.39. The van der Waals surface area contributed by atoms with Gasteiger partial charge in [-0.15, -0.1) is 0 Å². The molecule has 0 saturated carbocycles. The van der Waals surface area contributed by atoms with Crippen LogP contribution in [-0.2, 0) is 12.7 Å². The van der Waals surface area contributed by atoms with Crippen molar-refractivity contribution in [1.29, 1.82) is 0 Å². The zero-order valence-electron chi connectivity index (χ0n) is 21.7. The number of carbonyl (C=O) groups excluding carboxylic acids is 1. The van der Waals surface area contributed by atoms with Crippen LogP contribution >= 0.6 is 0 Å². The van der Waals surface area contributed by atoms with Crippen LogP contribution in [0.15, 0.2) is 85.2 Å². The fourth-order valence-corrected chi connectivity index (χ4v) is 4.96. The number of aromatic nitrogens is 2. The maximum Gasteiger partial charge on any atom is 0.416 e. The van der Waals surface area contributed by atoms with Crippen molar-refractivity contribution in [3.8, 4) is 11.3 Å². The van der Waals surface area contributed by atoms with Gasteiger partial charge in [-0.1, -0.05) is 36.4 Å². The first-order valence-corrected chi connectivity index (χ1v) is 12.9. The van der Waals surface area contributed by atoms with Gasteiger partial charge in [-0.2, -0.15) is 13.2 Å². The van der Waals surface area contributed by atoms with E-state index >= 15 is 0 Å². The smallest absolute Gasteiger partial charge is 0.370 e. The van der Waals surface area contributed by atoms with Crippen molar-refractivity contribution in [2.45, 2.75) is 26.1 Å². The standard InChI is InChI=1S/C30H30F3N5O/c1-22-25(21-36-15-6-16-37(18-17-36)27-10-5-9-26(20-27)30(31,32)33)19-28(23-7-3-2-4-8-23)38(22)35-29(39)24-11-13-34-14-12-24/h2-5,7-14,19-20H,6,15-18,21H2,1H3,(H,35,39). The first-order chi connectivity index (χ1) is 18.8. The number of amides is 1. The van der Waals surface area contributed by atoms with E-state index in [1.807, 2.05) is 46.8 Å². The van der Waals surface area contributed by atoms with E-state index < -0.39 is 11.7 Å². The number of hydrogen-bond donors (Lipinski definition) is 1. The Morgan fingerprint density at radius 3 is 2.44 bits per heavy atom. The van der Waals surface area contributed by atoms with Crippen LogP contribution in [0.4, 0.5) is 18.9 Å². The van der Waals surface area contributed by atoms with Crippen LogP contribution in [0.25, 0.3) is 11.3 Å². The van der Waals surface area contributed by atoms with Crippen LogP contribution in [0.5, 0.6) is 0 Å². The van der Waals surface area contributed by atoms with E-state index in [0.29, 0.717) is 37.4 Å². The Bertz CT molecular complexity index is 1420. The Kier molecular flexibility index (Phi) is 7.70. The van der Waals surface area contributed by atoms with Crippen LogP contribution < -0.4 is 10.3 Å². The average Bonchev–Trinajstić information content (AvgIpc) is 3.10. The van der Waals surface area contributed by atoms with Crippen molar-refractivity contribution in [2.75, 3.05) is 36.5 Å². The average molecular weight is 534 g/mol. The van der Waals surface area contributed by atoms with Crippen molar-refractivity contribution in [2.24, 2.45) is 0 Å². The molecule has 3 heterocycles. The SMILES string of the molecule is Cc1c(CN2CCCN(c3cccc(C(F)(F)F)c3)CC2)cc(-c2ccccc2)n1NC(=O)c1ccncc1. The zero-order valence-corrected chi connectivity index (χ0v) is 21.7. The van der Waals surface area contributed by atoms with E-state index in [4.69, 9.17) is 0 Å². The molecule has 0 atom stereocenters. The minimum absolute atomic E-state index is 0.230. The molecule has 1 N–H and O–H groups in total. The Morgan fingerprint density at radius 2 is 1.69 bits per heavy atom. The highest BCUT2D eigenvalue weighted by atomic mass is 19.4. The van der Waals surface area contributed by atoms with E-state index in [1.54, 1.807) is 30.6 Å². The fraction of sp³-hybridized carbons (Fsp3) is 0.267. The lowest BCUT2D eigenvalue weighted by Crippen LogP contribution is -2.31. The molecular weight excluding hydrogens is 503 g/mol. The molecule has 5 rings (SSSR count). The molecule has 1 fully saturated rings. The lowest BCUT2D eigenvalue weighted by molar-refractivity contribution is -0.137. The van der Waals surface area contributed by atoms with Gasteiger partial charge in [-0.3, -0.25) is 24.8 Å². The summed E-state index contributed by atoms with van der Waals surface area (Å²) in [7, 11) is 0. The van der Waals surface area contributed by atoms with Gasteiger partial charge in [-0.05, 0) is 55.3 Å². The lowest BCUT2D eigenvalue weighted by atomic mass is 10.1. The monoisotopic (exact) mass is 533 g/mol. The molecule has 1 amide bonds. The number of pyridine rings is 1. The van der Waals surface area contributed by atoms with Gasteiger partial charge in [-0.25, -0.2) is 0 Å². The van der Waals surface area contributed by atoms with Gasteiger partial charge in [0, 0.05) is 67.6 Å². The molecule has 0 spiro atoms. The number of nitrogens with one attached hydrogen (secondary N) is 1. The van der Waals surface area contributed by atoms with Crippen molar-refractivity contribution in [3.05, 3.63) is 108 Å². The predicted octanol–water partition coefficient (Wildman–Crippen LogP) is 5.97. The second kappa shape index (κ2) is 11.3. The summed E-state index contributed by atoms with van der Waals surface area (Å²) in [5.74, 6) is -0.230. The molecule has 2 aromatic heterocycles. The molecule has 1 saturated heterocycles. The van der Waals surface area contributed by atoms with Gasteiger partial charge in [0.2, 0.25) is 0 Å². The Morgan fingerprint density at radius 1 is 0.923 bits per heavy atom. The van der Waals surface area contributed by atoms with Crippen molar-refractivity contribution < 1.29 is 18.0 Å². The molecule has 1 aliphatic rings. The summed E-state index contributed by atoms with van der Waals surface area (Å²) >= 11 is 0. The third kappa shape index (κ3) is 6.15. The first kappa shape index (κ1) is 26.5. The minimum Gasteiger partial charge on any atom is -0.370 e. The minimum atomic E-state index is -4.36. The number of halogens is 3. The lowest BCUT2D eigenvalue weighted by Gasteiger charge is -2.24. The summed E-state index contributed by atoms with van der Waals surface area (Å²) in [4.78, 5) is 21.3. The van der Waals surface area contributed by atoms with Crippen LogP contribution in [0.3, 0.4) is 0 Å². The highest BCUT2D eigenvalue weighted by molar-refractivity contribution is 6.00. The molecule has 1 aliphatic heterocycles. The second-order valence-electron chi connectivity index (χ2n) is 9.68. The van der Waals surface area contributed by atoms with E-state index in [9.17, 15) is 18.0 Å². The number of nitrogens with zero attached hydrogens (tertiary/aromatic N) is 4. The first-order valence-electron chi connectivity index (χ1n) is 12.9. The zero-order chi connectivity index (χ0) is 27.4. The summed E-state index contributed by atoms with van der Waals surface area (Å²) in [5, 5.41) is 0. The molecule has 9 heteroatoms. The summed E-state index contributed by atoms with van der Waals surface area (Å²) in [6.07, 6.45) is -0.353. The third-order valence-corrected chi connectivity index (χ3v) is 7.10. The van der Waals surface area contributed by atoms with Gasteiger partial charge in [0.15, 0.2) is 0 Å². The van der Waals surface area contributed by atoms with E-state index in [2.05, 4.69) is 21.4 Å². The molecule has 0 radical (unpaired) electrons. The van der Waals surface area contributed by atoms with Gasteiger partial charge in [0.25, 0.3) is 5.91 Å². The Labute approximate surface area is 225 Å². The highest BCUT2D eigenvalue weighted by Crippen LogP contribution is 2.32. The van der Waals surface area contributed by atoms with Gasteiger partial charge >= 0.3 is 6.18 Å². The van der Waals surface area contributed by atoms with E-state index in [1.165, 1.54) is 12.1 Å². The van der Waals surface area contributed by atoms with Gasteiger partial charge in [0.05, 0.1) is 11.3 Å². The maximum atomic E-state index is 13.2. The predicted molar refractivity (Wildman–Crippen MR) is 146 cm³/mol. The molecule has 6 nitrogen and oxygen atoms in total. The van der Waals surface area contributed by atoms with Crippen LogP contribution in [-0.4, -0.2) is 46.6 Å². The summed E-state index contributed by atoms with van der Waals surface area (Å²) < 4.78 is 41.5. The van der Waals surface area contributed by atoms with Gasteiger partial charge in [0.1, 0.15) is 0 Å². The molecule has 39 heavy (non-hydrogen) atoms. The second-order valence-corrected chi connectivity index (χ2v) is 9.68. The number of benzene rings is 2. The molecule has 202 valence electrons. The molecule has 4 aromatic rings. The van der Waals surface area contributed by atoms with Crippen LogP contribution in [0.1, 0.15) is 33.6 Å². The number of carbonyl (C=O) groups is 1. The number of hydrogen-bond acceptors (Lipinski definition) is 4. The number of alkyl halides is 3. The van der Waals surface area contributed by atoms with Gasteiger partial charge < -0.3 is 4.90 Å². The quantitative estimate of drug-likeness (QED) is 0.332. The summed E-state index contributed by atoms with van der Waals surface area (Å²) in [6, 6.07) is 20.9. The number of rotatable bonds is 6. The van der Waals surface area contributed by atoms with Crippen molar-refractivity contribution >= 4 is 11.6 Å². The van der Waals surface area contributed by atoms with Crippen molar-refractivity contribution in [1.82, 2.24) is 14.6 Å². The van der Waals surface area contributed by atoms with Crippen LogP contribution in [0.2, 0.25) is 0 Å². The largest absolute Gasteiger partial charge is 0.416 e. The molecule has 0 unspecified atom stereocenters. The van der Waals surface area contributed by atoms with E-state index in [-0.39, 0.29) is 5.91 Å². The maximum absolute atomic E-state index is 13.2. The molecule has 0 aliphatic carbocycles. The molecule has 0 bridgehead atoms. The Balaban J connectivity index is 1.35. The summed E-state index contributed by atoms with van der Waals surface area (Å²) in [6.45, 7) is 5.51. The molecular formula is C30H30F3N5O. The highest BCUT2D eigenvalue weighted by Gasteiger charge is 2.31. The van der Waals surface area contributed by atoms with Crippen molar-refractivity contribution in [3.63, 3.8) is 0 Å². The van der Waals surface area contributed by atoms with Crippen LogP contribution in [0, 0.1) is 6.92 Å². The normalized spacial score (nSPS) is 14.7.